The van der Waals surface area contributed by atoms with Crippen LogP contribution < -0.4 is 0 Å². The van der Waals surface area contributed by atoms with Gasteiger partial charge >= 0.3 is 0 Å². The zero-order valence-corrected chi connectivity index (χ0v) is 18.9. The van der Waals surface area contributed by atoms with Crippen molar-refractivity contribution in [2.45, 2.75) is 56.5 Å². The fourth-order valence-corrected chi connectivity index (χ4v) is 4.32. The molecule has 9 nitrogen and oxygen atoms in total. The first-order valence-corrected chi connectivity index (χ1v) is 10.7. The third kappa shape index (κ3) is 4.51. The zero-order chi connectivity index (χ0) is 22.2. The van der Waals surface area contributed by atoms with Crippen LogP contribution in [-0.4, -0.2) is 70.3 Å². The van der Waals surface area contributed by atoms with Crippen molar-refractivity contribution < 1.29 is 28.5 Å². The van der Waals surface area contributed by atoms with Gasteiger partial charge in [-0.05, 0) is 41.9 Å². The number of rotatable bonds is 5. The van der Waals surface area contributed by atoms with Gasteiger partial charge in [-0.25, -0.2) is 9.07 Å². The Kier molecular flexibility index (Phi) is 6.40. The van der Waals surface area contributed by atoms with Crippen LogP contribution in [0.15, 0.2) is 34.0 Å². The minimum absolute atomic E-state index is 0.330. The maximum absolute atomic E-state index is 14.0. The van der Waals surface area contributed by atoms with Crippen molar-refractivity contribution in [2.75, 3.05) is 13.7 Å². The van der Waals surface area contributed by atoms with Crippen molar-refractivity contribution >= 4 is 22.1 Å². The average molecular weight is 499 g/mol. The van der Waals surface area contributed by atoms with Gasteiger partial charge in [-0.2, -0.15) is 0 Å². The Morgan fingerprint density at radius 3 is 2.97 bits per heavy atom. The first kappa shape index (κ1) is 22.3. The Morgan fingerprint density at radius 1 is 1.45 bits per heavy atom. The number of nitrogens with zero attached hydrogens (tertiary/aromatic N) is 4. The van der Waals surface area contributed by atoms with Crippen molar-refractivity contribution in [3.63, 3.8) is 0 Å². The van der Waals surface area contributed by atoms with E-state index in [0.29, 0.717) is 28.8 Å². The Labute approximate surface area is 187 Å². The van der Waals surface area contributed by atoms with E-state index in [-0.39, 0.29) is 11.9 Å². The lowest BCUT2D eigenvalue weighted by Crippen LogP contribution is -2.62. The molecule has 11 heteroatoms. The number of fused-ring (bicyclic) bond motifs is 1. The molecule has 0 unspecified atom stereocenters. The molecule has 0 aliphatic carbocycles. The molecule has 168 valence electrons. The molecule has 2 saturated heterocycles. The van der Waals surface area contributed by atoms with Crippen LogP contribution in [0.1, 0.15) is 26.3 Å². The van der Waals surface area contributed by atoms with Crippen molar-refractivity contribution in [2.24, 2.45) is 5.16 Å². The molecule has 31 heavy (non-hydrogen) atoms. The first-order chi connectivity index (χ1) is 14.8. The predicted octanol–water partition coefficient (Wildman–Crippen LogP) is 3.17. The smallest absolute Gasteiger partial charge is 0.163 e. The lowest BCUT2D eigenvalue weighted by molar-refractivity contribution is -0.349. The number of ether oxygens (including phenoxy) is 4. The van der Waals surface area contributed by atoms with Crippen LogP contribution >= 0.6 is 15.9 Å². The second kappa shape index (κ2) is 8.91. The highest BCUT2D eigenvalue weighted by atomic mass is 79.9. The molecule has 1 N–H and O–H groups in total. The number of oxime groups is 1. The molecule has 0 bridgehead atoms. The van der Waals surface area contributed by atoms with Crippen LogP contribution in [0.25, 0.3) is 11.3 Å². The van der Waals surface area contributed by atoms with Gasteiger partial charge in [-0.15, -0.1) is 10.3 Å². The van der Waals surface area contributed by atoms with Gasteiger partial charge in [-0.1, -0.05) is 11.3 Å². The highest BCUT2D eigenvalue weighted by molar-refractivity contribution is 9.10. The Balaban J connectivity index is 1.71. The van der Waals surface area contributed by atoms with Gasteiger partial charge in [0.25, 0.3) is 0 Å². The summed E-state index contributed by atoms with van der Waals surface area (Å²) in [5.74, 6) is -1.19. The van der Waals surface area contributed by atoms with E-state index in [1.165, 1.54) is 12.3 Å². The molecule has 4 rings (SSSR count). The SMILES string of the molecule is CO[C@@H]1[C@@H](n2cc(-c3ccc(Br)c(F)c3)nn2)[C@H]2OC(C)(C)OC[C@H]2O[C@@H]1CC=NO. The zero-order valence-electron chi connectivity index (χ0n) is 17.3. The molecule has 1 aromatic heterocycles. The normalized spacial score (nSPS) is 30.4. The molecule has 3 heterocycles. The number of hydrogen-bond donors (Lipinski definition) is 1. The van der Waals surface area contributed by atoms with Crippen LogP contribution in [0.3, 0.4) is 0 Å². The van der Waals surface area contributed by atoms with Crippen LogP contribution in [0.2, 0.25) is 0 Å². The summed E-state index contributed by atoms with van der Waals surface area (Å²) in [6.45, 7) is 4.00. The van der Waals surface area contributed by atoms with Crippen molar-refractivity contribution in [1.29, 1.82) is 0 Å². The van der Waals surface area contributed by atoms with E-state index >= 15 is 0 Å². The van der Waals surface area contributed by atoms with Gasteiger partial charge in [0.1, 0.15) is 35.9 Å². The van der Waals surface area contributed by atoms with Crippen LogP contribution in [-0.2, 0) is 18.9 Å². The molecule has 2 aliphatic heterocycles. The molecular formula is C20H24BrFN4O5. The summed E-state index contributed by atoms with van der Waals surface area (Å²) in [6, 6.07) is 4.38. The first-order valence-electron chi connectivity index (χ1n) is 9.86. The number of benzene rings is 1. The van der Waals surface area contributed by atoms with Crippen molar-refractivity contribution in [3.05, 3.63) is 34.7 Å². The second-order valence-corrected chi connectivity index (χ2v) is 8.80. The Morgan fingerprint density at radius 2 is 2.26 bits per heavy atom. The van der Waals surface area contributed by atoms with Gasteiger partial charge < -0.3 is 24.2 Å². The predicted molar refractivity (Wildman–Crippen MR) is 111 cm³/mol. The molecule has 0 spiro atoms. The average Bonchev–Trinajstić information content (AvgIpc) is 3.22. The summed E-state index contributed by atoms with van der Waals surface area (Å²) in [4.78, 5) is 0. The van der Waals surface area contributed by atoms with E-state index in [1.54, 1.807) is 30.1 Å². The lowest BCUT2D eigenvalue weighted by atomic mass is 9.90. The Bertz CT molecular complexity index is 955. The minimum atomic E-state index is -0.807. The standard InChI is InChI=1S/C20H24BrFN4O5/c1-20(2)29-10-16-19(31-20)17(18(28-3)15(30-16)6-7-23-27)26-9-14(24-25-26)11-4-5-12(21)13(22)8-11/h4-5,7-9,15-19,27H,6,10H2,1-3H3/t15-,16-,17-,18+,19+/m1/s1. The fourth-order valence-electron chi connectivity index (χ4n) is 4.07. The van der Waals surface area contributed by atoms with E-state index in [2.05, 4.69) is 31.4 Å². The number of aromatic nitrogens is 3. The van der Waals surface area contributed by atoms with Gasteiger partial charge in [0, 0.05) is 25.3 Å². The number of halogens is 2. The molecular weight excluding hydrogens is 475 g/mol. The molecule has 0 radical (unpaired) electrons. The number of hydrogen-bond acceptors (Lipinski definition) is 8. The quantitative estimate of drug-likeness (QED) is 0.383. The van der Waals surface area contributed by atoms with Crippen LogP contribution in [0, 0.1) is 5.82 Å². The van der Waals surface area contributed by atoms with Crippen molar-refractivity contribution in [3.8, 4) is 11.3 Å². The molecule has 0 saturated carbocycles. The molecule has 2 fully saturated rings. The topological polar surface area (TPSA) is 100 Å². The summed E-state index contributed by atoms with van der Waals surface area (Å²) >= 11 is 3.16. The van der Waals surface area contributed by atoms with Crippen molar-refractivity contribution in [1.82, 2.24) is 15.0 Å². The van der Waals surface area contributed by atoms with Gasteiger partial charge in [0.05, 0.1) is 23.4 Å². The molecule has 1 aromatic carbocycles. The molecule has 0 amide bonds. The van der Waals surface area contributed by atoms with E-state index in [0.717, 1.165) is 0 Å². The summed E-state index contributed by atoms with van der Waals surface area (Å²) in [5.41, 5.74) is 1.12. The van der Waals surface area contributed by atoms with E-state index in [1.807, 2.05) is 13.8 Å². The third-order valence-corrected chi connectivity index (χ3v) is 6.14. The highest BCUT2D eigenvalue weighted by Gasteiger charge is 2.52. The largest absolute Gasteiger partial charge is 0.411 e. The maximum Gasteiger partial charge on any atom is 0.163 e. The summed E-state index contributed by atoms with van der Waals surface area (Å²) in [6.07, 6.45) is 1.75. The molecule has 5 atom stereocenters. The second-order valence-electron chi connectivity index (χ2n) is 7.94. The van der Waals surface area contributed by atoms with E-state index in [9.17, 15) is 4.39 Å². The Hall–Kier alpha value is -1.92. The third-order valence-electron chi connectivity index (χ3n) is 5.49. The molecule has 2 aliphatic rings. The number of methoxy groups -OCH3 is 1. The summed E-state index contributed by atoms with van der Waals surface area (Å²) < 4.78 is 40.0. The van der Waals surface area contributed by atoms with E-state index in [4.69, 9.17) is 24.2 Å². The van der Waals surface area contributed by atoms with Crippen LogP contribution in [0.4, 0.5) is 4.39 Å². The maximum atomic E-state index is 14.0. The monoisotopic (exact) mass is 498 g/mol. The minimum Gasteiger partial charge on any atom is -0.411 e. The lowest BCUT2D eigenvalue weighted by Gasteiger charge is -2.50. The van der Waals surface area contributed by atoms with Gasteiger partial charge in [0.2, 0.25) is 0 Å². The highest BCUT2D eigenvalue weighted by Crippen LogP contribution is 2.40. The summed E-state index contributed by atoms with van der Waals surface area (Å²) in [5, 5.41) is 20.5. The van der Waals surface area contributed by atoms with Gasteiger partial charge in [0.15, 0.2) is 5.79 Å². The van der Waals surface area contributed by atoms with Crippen LogP contribution in [0.5, 0.6) is 0 Å². The van der Waals surface area contributed by atoms with E-state index < -0.39 is 30.1 Å². The van der Waals surface area contributed by atoms with Gasteiger partial charge in [-0.3, -0.25) is 0 Å². The molecule has 2 aromatic rings. The summed E-state index contributed by atoms with van der Waals surface area (Å²) in [7, 11) is 1.58. The fraction of sp³-hybridized carbons (Fsp3) is 0.550.